The monoisotopic (exact) mass is 508 g/mol. The van der Waals surface area contributed by atoms with Gasteiger partial charge in [-0.2, -0.15) is 0 Å². The molecule has 4 rings (SSSR count). The van der Waals surface area contributed by atoms with Gasteiger partial charge in [0, 0.05) is 10.9 Å². The number of halogens is 2. The number of fused-ring (bicyclic) bond motifs is 1. The Kier molecular flexibility index (Phi) is 5.83. The first kappa shape index (κ1) is 23.3. The van der Waals surface area contributed by atoms with E-state index in [0.717, 1.165) is 30.3 Å². The number of aromatic carboxylic acids is 1. The quantitative estimate of drug-likeness (QED) is 0.382. The molecule has 2 aromatic carbocycles. The average Bonchev–Trinajstić information content (AvgIpc) is 3.19. The number of rotatable bonds is 6. The van der Waals surface area contributed by atoms with Crippen molar-refractivity contribution in [1.82, 2.24) is 9.55 Å². The molecule has 176 valence electrons. The van der Waals surface area contributed by atoms with Gasteiger partial charge in [-0.1, -0.05) is 0 Å². The Bertz CT molecular complexity index is 1690. The molecule has 0 saturated heterocycles. The molecule has 0 fully saturated rings. The molecule has 0 aliphatic heterocycles. The number of thiophene rings is 1. The van der Waals surface area contributed by atoms with Crippen LogP contribution in [0.1, 0.15) is 15.2 Å². The van der Waals surface area contributed by atoms with E-state index in [1.54, 1.807) is 0 Å². The lowest BCUT2D eigenvalue weighted by atomic mass is 10.2. The lowest BCUT2D eigenvalue weighted by Gasteiger charge is -2.12. The number of benzene rings is 2. The van der Waals surface area contributed by atoms with E-state index in [1.807, 2.05) is 0 Å². The van der Waals surface area contributed by atoms with Crippen molar-refractivity contribution in [3.63, 3.8) is 0 Å². The standard InChI is InChI=1S/C21H14F2N2O7S2/c1-32-16-5-2-11(22)6-10(16)9-34(30,31)12-3-4-13(23)15(7-12)25-19(26)17-14(24-21(25)29)8-33-18(17)20(27)28/h2-8H,9H2,1H3,(H,24,29)(H,27,28). The van der Waals surface area contributed by atoms with E-state index < -0.39 is 55.0 Å². The fourth-order valence-electron chi connectivity index (χ4n) is 3.42. The molecule has 9 nitrogen and oxygen atoms in total. The normalized spacial score (nSPS) is 11.6. The Morgan fingerprint density at radius 3 is 2.59 bits per heavy atom. The Balaban J connectivity index is 1.89. The van der Waals surface area contributed by atoms with Gasteiger partial charge in [-0.3, -0.25) is 4.79 Å². The van der Waals surface area contributed by atoms with Crippen LogP contribution in [0.4, 0.5) is 8.78 Å². The van der Waals surface area contributed by atoms with Crippen molar-refractivity contribution in [1.29, 1.82) is 0 Å². The average molecular weight is 508 g/mol. The molecule has 0 aliphatic rings. The minimum atomic E-state index is -4.22. The van der Waals surface area contributed by atoms with Gasteiger partial charge in [0.1, 0.15) is 22.3 Å². The van der Waals surface area contributed by atoms with E-state index >= 15 is 0 Å². The topological polar surface area (TPSA) is 136 Å². The van der Waals surface area contributed by atoms with Gasteiger partial charge in [0.15, 0.2) is 9.84 Å². The van der Waals surface area contributed by atoms with Crippen molar-refractivity contribution in [2.24, 2.45) is 0 Å². The lowest BCUT2D eigenvalue weighted by Crippen LogP contribution is -2.34. The summed E-state index contributed by atoms with van der Waals surface area (Å²) in [5.74, 6) is -3.80. The second-order valence-corrected chi connectivity index (χ2v) is 9.93. The molecule has 0 radical (unpaired) electrons. The number of methoxy groups -OCH3 is 1. The molecule has 2 N–H and O–H groups in total. The van der Waals surface area contributed by atoms with E-state index in [0.29, 0.717) is 15.9 Å². The predicted octanol–water partition coefficient (Wildman–Crippen LogP) is 2.70. The summed E-state index contributed by atoms with van der Waals surface area (Å²) in [6, 6.07) is 5.80. The molecule has 13 heteroatoms. The smallest absolute Gasteiger partial charge is 0.346 e. The fraction of sp³-hybridized carbons (Fsp3) is 0.0952. The Hall–Kier alpha value is -3.84. The third-order valence-corrected chi connectivity index (χ3v) is 7.58. The number of carboxylic acid groups (broad SMARTS) is 1. The maximum atomic E-state index is 14.7. The van der Waals surface area contributed by atoms with Crippen LogP contribution in [-0.4, -0.2) is 36.2 Å². The summed E-state index contributed by atoms with van der Waals surface area (Å²) in [6.45, 7) is 0. The fourth-order valence-corrected chi connectivity index (χ4v) is 5.62. The molecule has 0 spiro atoms. The highest BCUT2D eigenvalue weighted by atomic mass is 32.2. The van der Waals surface area contributed by atoms with Crippen LogP contribution >= 0.6 is 11.3 Å². The van der Waals surface area contributed by atoms with Crippen molar-refractivity contribution in [2.75, 3.05) is 7.11 Å². The first-order chi connectivity index (χ1) is 16.0. The number of ether oxygens (including phenoxy) is 1. The molecular formula is C21H14F2N2O7S2. The van der Waals surface area contributed by atoms with Gasteiger partial charge in [0.25, 0.3) is 5.56 Å². The number of H-pyrrole nitrogens is 1. The lowest BCUT2D eigenvalue weighted by molar-refractivity contribution is 0.0704. The number of aromatic nitrogens is 2. The Morgan fingerprint density at radius 2 is 1.91 bits per heavy atom. The van der Waals surface area contributed by atoms with Gasteiger partial charge >= 0.3 is 11.7 Å². The molecule has 4 aromatic rings. The number of hydrogen-bond acceptors (Lipinski definition) is 7. The molecule has 0 unspecified atom stereocenters. The highest BCUT2D eigenvalue weighted by molar-refractivity contribution is 7.90. The molecule has 0 amide bonds. The van der Waals surface area contributed by atoms with E-state index in [9.17, 15) is 36.7 Å². The summed E-state index contributed by atoms with van der Waals surface area (Å²) in [4.78, 5) is 38.4. The van der Waals surface area contributed by atoms with Gasteiger partial charge in [-0.05, 0) is 36.4 Å². The van der Waals surface area contributed by atoms with E-state index in [2.05, 4.69) is 4.98 Å². The number of nitrogens with one attached hydrogen (secondary N) is 1. The van der Waals surface area contributed by atoms with Crippen LogP contribution in [-0.2, 0) is 15.6 Å². The number of carboxylic acids is 1. The van der Waals surface area contributed by atoms with Crippen molar-refractivity contribution in [3.8, 4) is 11.4 Å². The minimum Gasteiger partial charge on any atom is -0.496 e. The zero-order valence-corrected chi connectivity index (χ0v) is 18.8. The molecule has 2 aromatic heterocycles. The van der Waals surface area contributed by atoms with Gasteiger partial charge in [-0.25, -0.2) is 31.4 Å². The third-order valence-electron chi connectivity index (χ3n) is 4.95. The second-order valence-electron chi connectivity index (χ2n) is 7.06. The van der Waals surface area contributed by atoms with Crippen LogP contribution in [0.3, 0.4) is 0 Å². The van der Waals surface area contributed by atoms with Crippen LogP contribution in [0.5, 0.6) is 5.75 Å². The van der Waals surface area contributed by atoms with Crippen molar-refractivity contribution in [3.05, 3.63) is 84.7 Å². The molecule has 34 heavy (non-hydrogen) atoms. The van der Waals surface area contributed by atoms with Crippen LogP contribution in [0.15, 0.2) is 56.3 Å². The number of nitrogens with zero attached hydrogens (tertiary/aromatic N) is 1. The van der Waals surface area contributed by atoms with Crippen LogP contribution < -0.4 is 16.0 Å². The third kappa shape index (κ3) is 3.99. The van der Waals surface area contributed by atoms with E-state index in [4.69, 9.17) is 4.74 Å². The summed E-state index contributed by atoms with van der Waals surface area (Å²) in [7, 11) is -2.94. The number of carbonyl (C=O) groups is 1. The maximum Gasteiger partial charge on any atom is 0.346 e. The highest BCUT2D eigenvalue weighted by Gasteiger charge is 2.24. The minimum absolute atomic E-state index is 0.00850. The summed E-state index contributed by atoms with van der Waals surface area (Å²) in [6.07, 6.45) is 0. The van der Waals surface area contributed by atoms with Crippen LogP contribution in [0.25, 0.3) is 16.6 Å². The largest absolute Gasteiger partial charge is 0.496 e. The van der Waals surface area contributed by atoms with E-state index in [-0.39, 0.29) is 27.1 Å². The van der Waals surface area contributed by atoms with Crippen molar-refractivity contribution >= 4 is 38.0 Å². The number of hydrogen-bond donors (Lipinski definition) is 2. The molecule has 0 aliphatic carbocycles. The number of aromatic amines is 1. The Morgan fingerprint density at radius 1 is 1.18 bits per heavy atom. The highest BCUT2D eigenvalue weighted by Crippen LogP contribution is 2.27. The van der Waals surface area contributed by atoms with Crippen molar-refractivity contribution < 1.29 is 31.8 Å². The van der Waals surface area contributed by atoms with Gasteiger partial charge < -0.3 is 14.8 Å². The second kappa shape index (κ2) is 8.50. The zero-order chi connectivity index (χ0) is 24.8. The first-order valence-electron chi connectivity index (χ1n) is 9.38. The molecule has 0 bridgehead atoms. The molecular weight excluding hydrogens is 494 g/mol. The summed E-state index contributed by atoms with van der Waals surface area (Å²) in [5.41, 5.74) is -2.95. The van der Waals surface area contributed by atoms with Crippen LogP contribution in [0.2, 0.25) is 0 Å². The maximum absolute atomic E-state index is 14.7. The molecule has 0 saturated carbocycles. The zero-order valence-electron chi connectivity index (χ0n) is 17.2. The van der Waals surface area contributed by atoms with Gasteiger partial charge in [0.2, 0.25) is 0 Å². The Labute approximate surface area is 193 Å². The summed E-state index contributed by atoms with van der Waals surface area (Å²) < 4.78 is 59.8. The molecule has 0 atom stereocenters. The van der Waals surface area contributed by atoms with Gasteiger partial charge in [-0.15, -0.1) is 11.3 Å². The first-order valence-corrected chi connectivity index (χ1v) is 11.9. The van der Waals surface area contributed by atoms with Crippen molar-refractivity contribution in [2.45, 2.75) is 10.6 Å². The SMILES string of the molecule is COc1ccc(F)cc1CS(=O)(=O)c1ccc(F)c(-n2c(=O)[nH]c3csc(C(=O)O)c3c2=O)c1. The summed E-state index contributed by atoms with van der Waals surface area (Å²) in [5, 5.41) is 10.2. The number of sulfone groups is 1. The van der Waals surface area contributed by atoms with Crippen LogP contribution in [0, 0.1) is 11.6 Å². The van der Waals surface area contributed by atoms with E-state index in [1.165, 1.54) is 18.6 Å². The molecule has 2 heterocycles. The summed E-state index contributed by atoms with van der Waals surface area (Å²) >= 11 is 0.700. The van der Waals surface area contributed by atoms with Gasteiger partial charge in [0.05, 0.1) is 34.3 Å². The predicted molar refractivity (Wildman–Crippen MR) is 119 cm³/mol.